The molecule has 134 valence electrons. The van der Waals surface area contributed by atoms with E-state index in [-0.39, 0.29) is 11.6 Å². The zero-order valence-corrected chi connectivity index (χ0v) is 15.7. The van der Waals surface area contributed by atoms with Crippen LogP contribution in [0.5, 0.6) is 5.75 Å². The normalized spacial score (nSPS) is 19.2. The first-order valence-electron chi connectivity index (χ1n) is 9.20. The van der Waals surface area contributed by atoms with Crippen LogP contribution in [0.15, 0.2) is 49.1 Å². The topological polar surface area (TPSA) is 47.3 Å². The highest BCUT2D eigenvalue weighted by Gasteiger charge is 2.33. The van der Waals surface area contributed by atoms with E-state index in [1.54, 1.807) is 0 Å². The zero-order chi connectivity index (χ0) is 18.5. The fourth-order valence-electron chi connectivity index (χ4n) is 4.38. The predicted octanol–water partition coefficient (Wildman–Crippen LogP) is 5.43. The number of hydrogen-bond acceptors (Lipinski definition) is 3. The van der Waals surface area contributed by atoms with Gasteiger partial charge in [0.1, 0.15) is 11.9 Å². The fourth-order valence-corrected chi connectivity index (χ4v) is 4.38. The van der Waals surface area contributed by atoms with Crippen LogP contribution in [0.4, 0.5) is 5.69 Å². The van der Waals surface area contributed by atoms with Gasteiger partial charge in [-0.05, 0) is 49.6 Å². The summed E-state index contributed by atoms with van der Waals surface area (Å²) < 4.78 is 6.43. The lowest BCUT2D eigenvalue weighted by atomic mass is 9.80. The van der Waals surface area contributed by atoms with Crippen molar-refractivity contribution in [1.29, 1.82) is 0 Å². The Morgan fingerprint density at radius 3 is 2.77 bits per heavy atom. The van der Waals surface area contributed by atoms with Crippen molar-refractivity contribution in [3.63, 3.8) is 0 Å². The van der Waals surface area contributed by atoms with Crippen molar-refractivity contribution in [3.05, 3.63) is 65.8 Å². The van der Waals surface area contributed by atoms with Gasteiger partial charge in [0, 0.05) is 35.3 Å². The molecule has 2 aliphatic rings. The molecule has 0 amide bonds. The van der Waals surface area contributed by atoms with Crippen LogP contribution in [-0.4, -0.2) is 5.54 Å². The Balaban J connectivity index is 2.02. The molecule has 0 fully saturated rings. The van der Waals surface area contributed by atoms with E-state index in [4.69, 9.17) is 10.5 Å². The van der Waals surface area contributed by atoms with Gasteiger partial charge in [-0.3, -0.25) is 0 Å². The lowest BCUT2D eigenvalue weighted by Crippen LogP contribution is -2.32. The van der Waals surface area contributed by atoms with Crippen LogP contribution in [-0.2, 0) is 6.54 Å². The molecule has 1 unspecified atom stereocenters. The maximum absolute atomic E-state index is 6.43. The number of fused-ring (bicyclic) bond motifs is 5. The van der Waals surface area contributed by atoms with Gasteiger partial charge in [0.15, 0.2) is 0 Å². The van der Waals surface area contributed by atoms with Crippen LogP contribution in [0.25, 0.3) is 16.7 Å². The molecular formula is C23H26N2O. The Labute approximate surface area is 155 Å². The molecule has 3 heteroatoms. The molecule has 0 radical (unpaired) electrons. The number of rotatable bonds is 3. The van der Waals surface area contributed by atoms with Crippen LogP contribution in [0.3, 0.4) is 0 Å². The largest absolute Gasteiger partial charge is 0.485 e. The van der Waals surface area contributed by atoms with Crippen molar-refractivity contribution in [2.24, 2.45) is 5.73 Å². The molecule has 2 aromatic carbocycles. The molecule has 0 saturated heterocycles. The monoisotopic (exact) mass is 346 g/mol. The minimum Gasteiger partial charge on any atom is -0.485 e. The van der Waals surface area contributed by atoms with Crippen LogP contribution < -0.4 is 15.8 Å². The maximum atomic E-state index is 6.43. The first-order chi connectivity index (χ1) is 12.4. The van der Waals surface area contributed by atoms with Crippen LogP contribution in [0.2, 0.25) is 0 Å². The number of hydrogen-bond donors (Lipinski definition) is 2. The number of benzene rings is 2. The number of ether oxygens (including phenoxy) is 1. The molecule has 4 rings (SSSR count). The SMILES string of the molecule is C=CCC1Oc2cccc(CN)c2-c2ccc3c(c21)C(C)=CC(C)(C)N3. The standard InChI is InChI=1S/C23H26N2O/c1-5-7-18-22-16(21-15(13-24)8-6-9-19(21)26-18)10-11-17-20(22)14(2)12-23(3,4)25-17/h5-6,8-12,18,25H,1,7,13,24H2,2-4H3. The van der Waals surface area contributed by atoms with Gasteiger partial charge in [-0.1, -0.05) is 30.4 Å². The van der Waals surface area contributed by atoms with Gasteiger partial charge in [-0.2, -0.15) is 0 Å². The molecule has 2 heterocycles. The maximum Gasteiger partial charge on any atom is 0.128 e. The first-order valence-corrected chi connectivity index (χ1v) is 9.20. The van der Waals surface area contributed by atoms with Crippen molar-refractivity contribution in [2.75, 3.05) is 5.32 Å². The van der Waals surface area contributed by atoms with Crippen LogP contribution in [0.1, 0.15) is 50.0 Å². The van der Waals surface area contributed by atoms with E-state index in [0.29, 0.717) is 6.54 Å². The molecule has 0 spiro atoms. The third-order valence-corrected chi connectivity index (χ3v) is 5.25. The van der Waals surface area contributed by atoms with E-state index in [1.165, 1.54) is 28.0 Å². The van der Waals surface area contributed by atoms with Gasteiger partial charge < -0.3 is 15.8 Å². The lowest BCUT2D eigenvalue weighted by Gasteiger charge is -2.37. The van der Waals surface area contributed by atoms with Crippen LogP contribution >= 0.6 is 0 Å². The number of allylic oxidation sites excluding steroid dienone is 1. The molecule has 0 aromatic heterocycles. The van der Waals surface area contributed by atoms with Gasteiger partial charge in [0.25, 0.3) is 0 Å². The molecule has 2 aliphatic heterocycles. The van der Waals surface area contributed by atoms with E-state index in [1.807, 2.05) is 18.2 Å². The predicted molar refractivity (Wildman–Crippen MR) is 109 cm³/mol. The summed E-state index contributed by atoms with van der Waals surface area (Å²) in [4.78, 5) is 0. The average molecular weight is 346 g/mol. The second-order valence-electron chi connectivity index (χ2n) is 7.75. The second-order valence-corrected chi connectivity index (χ2v) is 7.75. The average Bonchev–Trinajstić information content (AvgIpc) is 2.59. The van der Waals surface area contributed by atoms with Crippen molar-refractivity contribution in [1.82, 2.24) is 0 Å². The van der Waals surface area contributed by atoms with Gasteiger partial charge in [-0.25, -0.2) is 0 Å². The molecule has 3 N–H and O–H groups in total. The summed E-state index contributed by atoms with van der Waals surface area (Å²) in [6, 6.07) is 10.6. The van der Waals surface area contributed by atoms with Gasteiger partial charge >= 0.3 is 0 Å². The molecule has 3 nitrogen and oxygen atoms in total. The molecule has 0 bridgehead atoms. The second kappa shape index (κ2) is 6.03. The van der Waals surface area contributed by atoms with E-state index in [9.17, 15) is 0 Å². The zero-order valence-electron chi connectivity index (χ0n) is 15.7. The Bertz CT molecular complexity index is 924. The number of nitrogens with two attached hydrogens (primary N) is 1. The van der Waals surface area contributed by atoms with Crippen LogP contribution in [0, 0.1) is 0 Å². The number of anilines is 1. The summed E-state index contributed by atoms with van der Waals surface area (Å²) in [6.45, 7) is 11.0. The van der Waals surface area contributed by atoms with Gasteiger partial charge in [0.05, 0.1) is 5.54 Å². The molecule has 1 atom stereocenters. The Morgan fingerprint density at radius 2 is 2.04 bits per heavy atom. The van der Waals surface area contributed by atoms with E-state index >= 15 is 0 Å². The highest BCUT2D eigenvalue weighted by Crippen LogP contribution is 2.50. The van der Waals surface area contributed by atoms with Crippen molar-refractivity contribution >= 4 is 11.3 Å². The third-order valence-electron chi connectivity index (χ3n) is 5.25. The molecule has 26 heavy (non-hydrogen) atoms. The minimum absolute atomic E-state index is 0.0377. The molecule has 2 aromatic rings. The Hall–Kier alpha value is -2.52. The highest BCUT2D eigenvalue weighted by molar-refractivity contribution is 5.90. The summed E-state index contributed by atoms with van der Waals surface area (Å²) in [5.41, 5.74) is 14.4. The summed E-state index contributed by atoms with van der Waals surface area (Å²) in [6.07, 6.45) is 4.96. The van der Waals surface area contributed by atoms with Crippen molar-refractivity contribution in [3.8, 4) is 16.9 Å². The van der Waals surface area contributed by atoms with Crippen molar-refractivity contribution < 1.29 is 4.74 Å². The lowest BCUT2D eigenvalue weighted by molar-refractivity contribution is 0.205. The third kappa shape index (κ3) is 2.55. The van der Waals surface area contributed by atoms with Crippen molar-refractivity contribution in [2.45, 2.75) is 45.4 Å². The van der Waals surface area contributed by atoms with Gasteiger partial charge in [-0.15, -0.1) is 6.58 Å². The van der Waals surface area contributed by atoms with E-state index in [0.717, 1.165) is 23.3 Å². The smallest absolute Gasteiger partial charge is 0.128 e. The quantitative estimate of drug-likeness (QED) is 0.729. The van der Waals surface area contributed by atoms with Gasteiger partial charge in [0.2, 0.25) is 0 Å². The first kappa shape index (κ1) is 16.9. The Kier molecular flexibility index (Phi) is 3.92. The highest BCUT2D eigenvalue weighted by atomic mass is 16.5. The molecule has 0 aliphatic carbocycles. The minimum atomic E-state index is -0.0604. The summed E-state index contributed by atoms with van der Waals surface area (Å²) in [7, 11) is 0. The molecule has 0 saturated carbocycles. The summed E-state index contributed by atoms with van der Waals surface area (Å²) in [5.74, 6) is 0.915. The van der Waals surface area contributed by atoms with E-state index < -0.39 is 0 Å². The fraction of sp³-hybridized carbons (Fsp3) is 0.304. The molecular weight excluding hydrogens is 320 g/mol. The summed E-state index contributed by atoms with van der Waals surface area (Å²) >= 11 is 0. The van der Waals surface area contributed by atoms with E-state index in [2.05, 4.69) is 56.9 Å². The summed E-state index contributed by atoms with van der Waals surface area (Å²) in [5, 5.41) is 3.65. The number of nitrogens with one attached hydrogen (secondary N) is 1. The Morgan fingerprint density at radius 1 is 1.23 bits per heavy atom.